The summed E-state index contributed by atoms with van der Waals surface area (Å²) in [5, 5.41) is 9.76. The fraction of sp³-hybridized carbons (Fsp3) is 0.368. The topological polar surface area (TPSA) is 20.2 Å². The van der Waals surface area contributed by atoms with E-state index in [0.717, 1.165) is 6.42 Å². The molecule has 2 rings (SSSR count). The second kappa shape index (κ2) is 8.46. The molecule has 2 aromatic rings. The van der Waals surface area contributed by atoms with Gasteiger partial charge in [-0.1, -0.05) is 57.2 Å². The van der Waals surface area contributed by atoms with Crippen molar-refractivity contribution >= 4 is 0 Å². The molecule has 21 heavy (non-hydrogen) atoms. The molecule has 0 bridgehead atoms. The summed E-state index contributed by atoms with van der Waals surface area (Å²) >= 11 is 0. The second-order valence-corrected chi connectivity index (χ2v) is 5.04. The molecule has 0 radical (unpaired) electrons. The van der Waals surface area contributed by atoms with Gasteiger partial charge in [0.15, 0.2) is 0 Å². The maximum absolute atomic E-state index is 14.0. The van der Waals surface area contributed by atoms with Crippen LogP contribution in [0.5, 0.6) is 5.75 Å². The molecule has 0 aliphatic heterocycles. The molecule has 0 amide bonds. The third-order valence-corrected chi connectivity index (χ3v) is 3.61. The van der Waals surface area contributed by atoms with E-state index in [4.69, 9.17) is 0 Å². The monoisotopic (exact) mass is 288 g/mol. The van der Waals surface area contributed by atoms with Gasteiger partial charge in [0.2, 0.25) is 0 Å². The number of benzene rings is 2. The van der Waals surface area contributed by atoms with E-state index in [1.165, 1.54) is 5.56 Å². The van der Waals surface area contributed by atoms with Crippen LogP contribution in [0.2, 0.25) is 0 Å². The summed E-state index contributed by atoms with van der Waals surface area (Å²) in [4.78, 5) is 0. The van der Waals surface area contributed by atoms with Crippen molar-refractivity contribution in [2.24, 2.45) is 0 Å². The Kier molecular flexibility index (Phi) is 6.93. The molecule has 2 heteroatoms. The maximum Gasteiger partial charge on any atom is 0.132 e. The van der Waals surface area contributed by atoms with Crippen LogP contribution in [0.1, 0.15) is 49.8 Å². The van der Waals surface area contributed by atoms with Gasteiger partial charge in [-0.2, -0.15) is 0 Å². The summed E-state index contributed by atoms with van der Waals surface area (Å²) in [6, 6.07) is 13.3. The molecule has 1 unspecified atom stereocenters. The molecule has 0 heterocycles. The van der Waals surface area contributed by atoms with E-state index >= 15 is 0 Å². The van der Waals surface area contributed by atoms with Gasteiger partial charge in [-0.3, -0.25) is 0 Å². The van der Waals surface area contributed by atoms with Crippen molar-refractivity contribution in [2.45, 2.75) is 46.5 Å². The van der Waals surface area contributed by atoms with Gasteiger partial charge < -0.3 is 5.11 Å². The normalized spacial score (nSPS) is 11.5. The molecule has 1 nitrogen and oxygen atoms in total. The summed E-state index contributed by atoms with van der Waals surface area (Å²) < 4.78 is 14.0. The van der Waals surface area contributed by atoms with E-state index < -0.39 is 0 Å². The van der Waals surface area contributed by atoms with Gasteiger partial charge in [-0.05, 0) is 42.9 Å². The number of phenolic OH excluding ortho intramolecular Hbond substituents is 1. The number of aryl methyl sites for hydroxylation is 1. The highest BCUT2D eigenvalue weighted by Gasteiger charge is 2.13. The molecule has 0 spiro atoms. The Balaban J connectivity index is 0.00000106. The fourth-order valence-corrected chi connectivity index (χ4v) is 2.28. The Hall–Kier alpha value is -1.83. The number of aromatic hydroxyl groups is 1. The molecule has 0 saturated heterocycles. The largest absolute Gasteiger partial charge is 0.508 e. The van der Waals surface area contributed by atoms with Crippen LogP contribution in [-0.4, -0.2) is 5.11 Å². The predicted octanol–water partition coefficient (Wildman–Crippen LogP) is 5.60. The first-order chi connectivity index (χ1) is 10.1. The van der Waals surface area contributed by atoms with Crippen LogP contribution in [-0.2, 0) is 6.42 Å². The molecule has 114 valence electrons. The van der Waals surface area contributed by atoms with Crippen molar-refractivity contribution in [3.05, 3.63) is 65.0 Å². The maximum atomic E-state index is 14.0. The van der Waals surface area contributed by atoms with Crippen molar-refractivity contribution in [3.8, 4) is 5.75 Å². The average molecular weight is 288 g/mol. The molecular formula is C19H25FO. The summed E-state index contributed by atoms with van der Waals surface area (Å²) in [6.07, 6.45) is 1.37. The molecule has 0 aliphatic rings. The highest BCUT2D eigenvalue weighted by molar-refractivity contribution is 5.37. The molecule has 0 saturated carbocycles. The van der Waals surface area contributed by atoms with Gasteiger partial charge in [0.25, 0.3) is 0 Å². The first kappa shape index (κ1) is 17.2. The average Bonchev–Trinajstić information content (AvgIpc) is 2.53. The summed E-state index contributed by atoms with van der Waals surface area (Å²) in [6.45, 7) is 7.85. The van der Waals surface area contributed by atoms with Gasteiger partial charge >= 0.3 is 0 Å². The van der Waals surface area contributed by atoms with Crippen molar-refractivity contribution in [1.82, 2.24) is 0 Å². The zero-order chi connectivity index (χ0) is 15.8. The van der Waals surface area contributed by atoms with Gasteiger partial charge in [-0.25, -0.2) is 4.39 Å². The van der Waals surface area contributed by atoms with E-state index in [2.05, 4.69) is 19.1 Å². The summed E-state index contributed by atoms with van der Waals surface area (Å²) in [7, 11) is 0. The van der Waals surface area contributed by atoms with E-state index in [9.17, 15) is 9.50 Å². The lowest BCUT2D eigenvalue weighted by atomic mass is 9.93. The number of rotatable bonds is 4. The lowest BCUT2D eigenvalue weighted by Gasteiger charge is -2.13. The van der Waals surface area contributed by atoms with Crippen molar-refractivity contribution in [2.75, 3.05) is 0 Å². The molecule has 0 aliphatic carbocycles. The van der Waals surface area contributed by atoms with E-state index in [-0.39, 0.29) is 11.6 Å². The first-order valence-corrected chi connectivity index (χ1v) is 7.61. The van der Waals surface area contributed by atoms with E-state index in [1.807, 2.05) is 32.0 Å². The first-order valence-electron chi connectivity index (χ1n) is 7.61. The highest BCUT2D eigenvalue weighted by Crippen LogP contribution is 2.27. The molecule has 1 atom stereocenters. The lowest BCUT2D eigenvalue weighted by Crippen LogP contribution is -2.00. The SMILES string of the molecule is CC.Cc1ccc(O)c(CCC(C)c2ccccc2)c1F. The van der Waals surface area contributed by atoms with Crippen LogP contribution in [0.4, 0.5) is 4.39 Å². The minimum Gasteiger partial charge on any atom is -0.508 e. The molecule has 0 aromatic heterocycles. The Morgan fingerprint density at radius 1 is 1.05 bits per heavy atom. The Morgan fingerprint density at radius 3 is 2.29 bits per heavy atom. The lowest BCUT2D eigenvalue weighted by molar-refractivity contribution is 0.454. The van der Waals surface area contributed by atoms with Crippen LogP contribution < -0.4 is 0 Å². The Bertz CT molecular complexity index is 549. The van der Waals surface area contributed by atoms with Crippen molar-refractivity contribution < 1.29 is 9.50 Å². The number of halogens is 1. The van der Waals surface area contributed by atoms with Crippen LogP contribution in [0, 0.1) is 12.7 Å². The van der Waals surface area contributed by atoms with Crippen LogP contribution in [0.25, 0.3) is 0 Å². The zero-order valence-electron chi connectivity index (χ0n) is 13.4. The van der Waals surface area contributed by atoms with E-state index in [1.54, 1.807) is 19.1 Å². The van der Waals surface area contributed by atoms with Gasteiger partial charge in [0.1, 0.15) is 11.6 Å². The zero-order valence-corrected chi connectivity index (χ0v) is 13.4. The molecule has 2 aromatic carbocycles. The summed E-state index contributed by atoms with van der Waals surface area (Å²) in [5.74, 6) is 0.129. The molecule has 1 N–H and O–H groups in total. The molecular weight excluding hydrogens is 263 g/mol. The van der Waals surface area contributed by atoms with Crippen LogP contribution in [0.15, 0.2) is 42.5 Å². The summed E-state index contributed by atoms with van der Waals surface area (Å²) in [5.41, 5.74) is 2.26. The highest BCUT2D eigenvalue weighted by atomic mass is 19.1. The van der Waals surface area contributed by atoms with Gasteiger partial charge in [0, 0.05) is 5.56 Å². The quantitative estimate of drug-likeness (QED) is 0.776. The fourth-order valence-electron chi connectivity index (χ4n) is 2.28. The van der Waals surface area contributed by atoms with Crippen molar-refractivity contribution in [1.29, 1.82) is 0 Å². The molecule has 0 fully saturated rings. The second-order valence-electron chi connectivity index (χ2n) is 5.04. The number of hydrogen-bond donors (Lipinski definition) is 1. The van der Waals surface area contributed by atoms with Gasteiger partial charge in [-0.15, -0.1) is 0 Å². The van der Waals surface area contributed by atoms with Crippen LogP contribution >= 0.6 is 0 Å². The third-order valence-electron chi connectivity index (χ3n) is 3.61. The smallest absolute Gasteiger partial charge is 0.132 e. The predicted molar refractivity (Wildman–Crippen MR) is 87.3 cm³/mol. The standard InChI is InChI=1S/C17H19FO.C2H6/c1-12(14-6-4-3-5-7-14)8-10-15-16(19)11-9-13(2)17(15)18;1-2/h3-7,9,11-12,19H,8,10H2,1-2H3;1-2H3. The van der Waals surface area contributed by atoms with E-state index in [0.29, 0.717) is 23.5 Å². The Morgan fingerprint density at radius 2 is 1.67 bits per heavy atom. The third kappa shape index (κ3) is 4.59. The van der Waals surface area contributed by atoms with Crippen molar-refractivity contribution in [3.63, 3.8) is 0 Å². The van der Waals surface area contributed by atoms with Gasteiger partial charge in [0.05, 0.1) is 0 Å². The minimum absolute atomic E-state index is 0.0587. The number of phenols is 1. The Labute approximate surface area is 127 Å². The number of hydrogen-bond acceptors (Lipinski definition) is 1. The van der Waals surface area contributed by atoms with Crippen LogP contribution in [0.3, 0.4) is 0 Å². The minimum atomic E-state index is -0.278.